The highest BCUT2D eigenvalue weighted by Gasteiger charge is 2.10. The minimum Gasteiger partial charge on any atom is -0.513 e. The molecule has 1 N–H and O–H groups in total. The Morgan fingerprint density at radius 1 is 0.750 bits per heavy atom. The smallest absolute Gasteiger partial charge is 0.0820 e. The number of aliphatic hydroxyl groups is 1. The summed E-state index contributed by atoms with van der Waals surface area (Å²) in [4.78, 5) is 0. The van der Waals surface area contributed by atoms with Crippen LogP contribution >= 0.6 is 0 Å². The van der Waals surface area contributed by atoms with Gasteiger partial charge in [0, 0.05) is 0 Å². The Morgan fingerprint density at radius 2 is 1.31 bits per heavy atom. The van der Waals surface area contributed by atoms with Gasteiger partial charge in [-0.15, -0.1) is 0 Å². The van der Waals surface area contributed by atoms with Crippen molar-refractivity contribution < 1.29 is 5.11 Å². The first-order valence-corrected chi connectivity index (χ1v) is 12.5. The van der Waals surface area contributed by atoms with Crippen molar-refractivity contribution in [1.29, 1.82) is 0 Å². The first-order chi connectivity index (χ1) is 17.2. The van der Waals surface area contributed by atoms with Crippen LogP contribution in [0.25, 0.3) is 27.8 Å². The second-order valence-corrected chi connectivity index (χ2v) is 8.55. The summed E-state index contributed by atoms with van der Waals surface area (Å²) in [5.74, 6) is 0.167. The van der Waals surface area contributed by atoms with Gasteiger partial charge in [-0.05, 0) is 78.6 Å². The maximum absolute atomic E-state index is 7.86. The largest absolute Gasteiger partial charge is 0.513 e. The number of hydrogen-bond acceptors (Lipinski definition) is 1. The lowest BCUT2D eigenvalue weighted by molar-refractivity contribution is 0.417. The van der Waals surface area contributed by atoms with Crippen LogP contribution in [0.4, 0.5) is 0 Å². The molecule has 0 aliphatic heterocycles. The summed E-state index contributed by atoms with van der Waals surface area (Å²) in [5, 5.41) is 7.86. The molecule has 1 nitrogen and oxygen atoms in total. The van der Waals surface area contributed by atoms with E-state index in [4.69, 9.17) is 5.11 Å². The van der Waals surface area contributed by atoms with Crippen LogP contribution in [0.1, 0.15) is 50.8 Å². The third-order valence-corrected chi connectivity index (χ3v) is 5.37. The fraction of sp³-hybridized carbons (Fsp3) is 0.200. The van der Waals surface area contributed by atoms with Gasteiger partial charge in [0.2, 0.25) is 0 Å². The molecular weight excluding hydrogens is 436 g/mol. The third-order valence-electron chi connectivity index (χ3n) is 5.37. The molecule has 0 aromatic heterocycles. The fourth-order valence-electron chi connectivity index (χ4n) is 3.63. The molecule has 0 bridgehead atoms. The van der Waals surface area contributed by atoms with Gasteiger partial charge in [0.25, 0.3) is 0 Å². The molecule has 0 amide bonds. The Kier molecular flexibility index (Phi) is 13.4. The number of allylic oxidation sites excluding steroid dienone is 7. The lowest BCUT2D eigenvalue weighted by atomic mass is 9.90. The van der Waals surface area contributed by atoms with Crippen molar-refractivity contribution in [2.45, 2.75) is 48.0 Å². The molecule has 36 heavy (non-hydrogen) atoms. The Hall–Kier alpha value is -3.84. The second-order valence-electron chi connectivity index (χ2n) is 8.55. The highest BCUT2D eigenvalue weighted by Crippen LogP contribution is 2.33. The molecule has 0 fully saturated rings. The summed E-state index contributed by atoms with van der Waals surface area (Å²) in [5.41, 5.74) is 11.1. The Morgan fingerprint density at radius 3 is 1.89 bits per heavy atom. The van der Waals surface area contributed by atoms with Crippen LogP contribution in [-0.4, -0.2) is 5.11 Å². The van der Waals surface area contributed by atoms with E-state index in [1.807, 2.05) is 32.9 Å². The van der Waals surface area contributed by atoms with Crippen molar-refractivity contribution in [3.63, 3.8) is 0 Å². The minimum absolute atomic E-state index is 0.167. The SMILES string of the molecule is C=C(C)/C=C\C=C/CC(=C)c1ccc(-c2cccc(-c3ccccc3C)c2C)cc1.C=C(C)O.CC. The average molecular weight is 479 g/mol. The molecule has 0 atom stereocenters. The van der Waals surface area contributed by atoms with E-state index in [0.717, 1.165) is 17.6 Å². The van der Waals surface area contributed by atoms with E-state index in [9.17, 15) is 0 Å². The van der Waals surface area contributed by atoms with Crippen LogP contribution in [0.3, 0.4) is 0 Å². The monoisotopic (exact) mass is 478 g/mol. The summed E-state index contributed by atoms with van der Waals surface area (Å²) in [6, 6.07) is 23.9. The first-order valence-electron chi connectivity index (χ1n) is 12.5. The van der Waals surface area contributed by atoms with E-state index in [1.165, 1.54) is 45.9 Å². The van der Waals surface area contributed by atoms with Gasteiger partial charge >= 0.3 is 0 Å². The van der Waals surface area contributed by atoms with Crippen LogP contribution in [0.15, 0.2) is 122 Å². The molecule has 0 spiro atoms. The highest BCUT2D eigenvalue weighted by atomic mass is 16.3. The second kappa shape index (κ2) is 15.9. The van der Waals surface area contributed by atoms with E-state index >= 15 is 0 Å². The van der Waals surface area contributed by atoms with Crippen molar-refractivity contribution in [2.75, 3.05) is 0 Å². The van der Waals surface area contributed by atoms with Crippen LogP contribution in [0.2, 0.25) is 0 Å². The summed E-state index contributed by atoms with van der Waals surface area (Å²) < 4.78 is 0. The molecular formula is C35H42O. The lowest BCUT2D eigenvalue weighted by Gasteiger charge is -2.14. The Bertz CT molecular complexity index is 1200. The van der Waals surface area contributed by atoms with E-state index in [-0.39, 0.29) is 5.76 Å². The third kappa shape index (κ3) is 9.80. The highest BCUT2D eigenvalue weighted by molar-refractivity contribution is 5.80. The predicted molar refractivity (Wildman–Crippen MR) is 162 cm³/mol. The zero-order chi connectivity index (χ0) is 27.1. The van der Waals surface area contributed by atoms with Gasteiger partial charge in [-0.2, -0.15) is 0 Å². The molecule has 0 unspecified atom stereocenters. The minimum atomic E-state index is 0.167. The van der Waals surface area contributed by atoms with Crippen molar-refractivity contribution in [1.82, 2.24) is 0 Å². The quantitative estimate of drug-likeness (QED) is 0.264. The van der Waals surface area contributed by atoms with Gasteiger partial charge in [-0.1, -0.05) is 130 Å². The number of benzene rings is 3. The summed E-state index contributed by atoms with van der Waals surface area (Å²) >= 11 is 0. The first kappa shape index (κ1) is 30.2. The maximum atomic E-state index is 7.86. The van der Waals surface area contributed by atoms with Crippen molar-refractivity contribution in [3.05, 3.63) is 139 Å². The number of hydrogen-bond donors (Lipinski definition) is 1. The average Bonchev–Trinajstić information content (AvgIpc) is 2.85. The van der Waals surface area contributed by atoms with Crippen LogP contribution < -0.4 is 0 Å². The van der Waals surface area contributed by atoms with E-state index < -0.39 is 0 Å². The lowest BCUT2D eigenvalue weighted by Crippen LogP contribution is -1.91. The molecule has 188 valence electrons. The van der Waals surface area contributed by atoms with Gasteiger partial charge in [-0.3, -0.25) is 0 Å². The van der Waals surface area contributed by atoms with Crippen molar-refractivity contribution in [3.8, 4) is 22.3 Å². The normalized spacial score (nSPS) is 10.3. The van der Waals surface area contributed by atoms with Crippen LogP contribution in [-0.2, 0) is 0 Å². The number of aryl methyl sites for hydroxylation is 1. The van der Waals surface area contributed by atoms with Gasteiger partial charge < -0.3 is 5.11 Å². The molecule has 1 heteroatoms. The maximum Gasteiger partial charge on any atom is 0.0820 e. The molecule has 3 aromatic carbocycles. The number of rotatable bonds is 7. The molecule has 0 aliphatic carbocycles. The van der Waals surface area contributed by atoms with Gasteiger partial charge in [0.05, 0.1) is 5.76 Å². The predicted octanol–water partition coefficient (Wildman–Crippen LogP) is 10.8. The molecule has 0 saturated heterocycles. The van der Waals surface area contributed by atoms with E-state index in [1.54, 1.807) is 0 Å². The van der Waals surface area contributed by atoms with Crippen LogP contribution in [0.5, 0.6) is 0 Å². The topological polar surface area (TPSA) is 20.2 Å². The standard InChI is InChI=1S/C30H30.C3H6O.C2H6/c1-22(2)12-7-6-8-13-23(3)26-18-20-27(21-19-26)29-16-11-17-30(25(29)5)28-15-10-9-14-24(28)4;1-3(2)4;1-2/h6-12,14-21H,1,3,13H2,2,4-5H3;4H,1H2,2H3;1-2H3/b8-6-,12-7-;;. The Labute approximate surface area is 219 Å². The summed E-state index contributed by atoms with van der Waals surface area (Å²) in [7, 11) is 0. The van der Waals surface area contributed by atoms with Gasteiger partial charge in [-0.25, -0.2) is 0 Å². The molecule has 0 aliphatic rings. The summed E-state index contributed by atoms with van der Waals surface area (Å²) in [6.45, 7) is 23.1. The van der Waals surface area contributed by atoms with E-state index in [0.29, 0.717) is 0 Å². The molecule has 0 saturated carbocycles. The van der Waals surface area contributed by atoms with Crippen LogP contribution in [0, 0.1) is 13.8 Å². The van der Waals surface area contributed by atoms with E-state index in [2.05, 4.69) is 112 Å². The van der Waals surface area contributed by atoms with Crippen molar-refractivity contribution >= 4 is 5.57 Å². The zero-order valence-corrected chi connectivity index (χ0v) is 22.9. The molecule has 0 radical (unpaired) electrons. The summed E-state index contributed by atoms with van der Waals surface area (Å²) in [6.07, 6.45) is 9.03. The molecule has 0 heterocycles. The fourth-order valence-corrected chi connectivity index (χ4v) is 3.63. The van der Waals surface area contributed by atoms with Gasteiger partial charge in [0.1, 0.15) is 0 Å². The van der Waals surface area contributed by atoms with Crippen molar-refractivity contribution in [2.24, 2.45) is 0 Å². The number of aliphatic hydroxyl groups excluding tert-OH is 1. The Balaban J connectivity index is 0.000000982. The molecule has 3 aromatic rings. The molecule has 3 rings (SSSR count). The van der Waals surface area contributed by atoms with Gasteiger partial charge in [0.15, 0.2) is 0 Å². The zero-order valence-electron chi connectivity index (χ0n) is 22.9.